The van der Waals surface area contributed by atoms with Crippen molar-refractivity contribution in [3.63, 3.8) is 0 Å². The van der Waals surface area contributed by atoms with Crippen molar-refractivity contribution >= 4 is 38.9 Å². The van der Waals surface area contributed by atoms with Crippen molar-refractivity contribution in [2.45, 2.75) is 6.42 Å². The summed E-state index contributed by atoms with van der Waals surface area (Å²) in [4.78, 5) is 18.9. The summed E-state index contributed by atoms with van der Waals surface area (Å²) in [5, 5.41) is 2.85. The number of carbonyl (C=O) groups excluding carboxylic acids is 1. The summed E-state index contributed by atoms with van der Waals surface area (Å²) in [6.07, 6.45) is 2.79. The Bertz CT molecular complexity index is 907. The minimum Gasteiger partial charge on any atom is -0.340 e. The van der Waals surface area contributed by atoms with Gasteiger partial charge in [0.15, 0.2) is 0 Å². The monoisotopic (exact) mass is 393 g/mol. The highest BCUT2D eigenvalue weighted by atomic mass is 79.9. The third kappa shape index (κ3) is 3.28. The Labute approximate surface area is 154 Å². The van der Waals surface area contributed by atoms with Gasteiger partial charge in [-0.3, -0.25) is 4.79 Å². The van der Waals surface area contributed by atoms with E-state index in [9.17, 15) is 4.79 Å². The Hall–Kier alpha value is -2.66. The molecule has 5 heteroatoms. The number of hydrogen-bond acceptors (Lipinski definition) is 3. The van der Waals surface area contributed by atoms with Crippen molar-refractivity contribution in [3.05, 3.63) is 82.6 Å². The van der Waals surface area contributed by atoms with Crippen molar-refractivity contribution in [3.8, 4) is 0 Å². The van der Waals surface area contributed by atoms with Gasteiger partial charge in [0.05, 0.1) is 11.9 Å². The van der Waals surface area contributed by atoms with Gasteiger partial charge in [-0.25, -0.2) is 4.98 Å². The highest BCUT2D eigenvalue weighted by Crippen LogP contribution is 2.33. The molecule has 0 saturated carbocycles. The van der Waals surface area contributed by atoms with Crippen LogP contribution in [0.5, 0.6) is 0 Å². The van der Waals surface area contributed by atoms with Gasteiger partial charge in [-0.05, 0) is 54.4 Å². The van der Waals surface area contributed by atoms with Crippen LogP contribution < -0.4 is 10.2 Å². The lowest BCUT2D eigenvalue weighted by atomic mass is 10.2. The standard InChI is InChI=1S/C20H16BrN3O/c21-15-5-7-16(8-6-15)23-20(25)18-10-9-17(13-22-18)24-12-11-14-3-1-2-4-19(14)24/h1-10,13H,11-12H2,(H,23,25). The van der Waals surface area contributed by atoms with Gasteiger partial charge in [0.1, 0.15) is 5.69 Å². The first-order valence-electron chi connectivity index (χ1n) is 8.09. The smallest absolute Gasteiger partial charge is 0.274 e. The molecule has 0 spiro atoms. The van der Waals surface area contributed by atoms with Crippen LogP contribution in [-0.2, 0) is 6.42 Å². The molecular formula is C20H16BrN3O. The van der Waals surface area contributed by atoms with E-state index in [0.29, 0.717) is 5.69 Å². The molecule has 1 N–H and O–H groups in total. The molecule has 0 unspecified atom stereocenters. The second-order valence-corrected chi connectivity index (χ2v) is 6.81. The largest absolute Gasteiger partial charge is 0.340 e. The number of pyridine rings is 1. The van der Waals surface area contributed by atoms with Gasteiger partial charge in [0, 0.05) is 22.4 Å². The SMILES string of the molecule is O=C(Nc1ccc(Br)cc1)c1ccc(N2CCc3ccccc32)cn1. The first-order chi connectivity index (χ1) is 12.2. The second-order valence-electron chi connectivity index (χ2n) is 5.89. The van der Waals surface area contributed by atoms with Gasteiger partial charge in [-0.2, -0.15) is 0 Å². The summed E-state index contributed by atoms with van der Waals surface area (Å²) in [7, 11) is 0. The van der Waals surface area contributed by atoms with Crippen LogP contribution in [0.15, 0.2) is 71.3 Å². The van der Waals surface area contributed by atoms with Gasteiger partial charge in [-0.1, -0.05) is 34.1 Å². The molecule has 2 aromatic carbocycles. The zero-order valence-corrected chi connectivity index (χ0v) is 15.0. The lowest BCUT2D eigenvalue weighted by molar-refractivity contribution is 0.102. The molecule has 4 rings (SSSR count). The van der Waals surface area contributed by atoms with Crippen LogP contribution in [0.3, 0.4) is 0 Å². The number of benzene rings is 2. The maximum Gasteiger partial charge on any atom is 0.274 e. The van der Waals surface area contributed by atoms with Crippen molar-refractivity contribution < 1.29 is 4.79 Å². The summed E-state index contributed by atoms with van der Waals surface area (Å²) in [6.45, 7) is 0.936. The maximum absolute atomic E-state index is 12.3. The van der Waals surface area contributed by atoms with E-state index in [1.54, 1.807) is 12.3 Å². The molecule has 0 radical (unpaired) electrons. The zero-order valence-electron chi connectivity index (χ0n) is 13.4. The molecule has 124 valence electrons. The molecule has 3 aromatic rings. The Morgan fingerprint density at radius 1 is 1.04 bits per heavy atom. The number of halogens is 1. The summed E-state index contributed by atoms with van der Waals surface area (Å²) in [5.41, 5.74) is 4.72. The third-order valence-electron chi connectivity index (χ3n) is 4.28. The maximum atomic E-state index is 12.3. The van der Waals surface area contributed by atoms with Crippen molar-refractivity contribution in [1.29, 1.82) is 0 Å². The van der Waals surface area contributed by atoms with Crippen LogP contribution in [0.1, 0.15) is 16.1 Å². The van der Waals surface area contributed by atoms with Gasteiger partial charge >= 0.3 is 0 Å². The molecule has 1 aliphatic heterocycles. The number of para-hydroxylation sites is 1. The van der Waals surface area contributed by atoms with Gasteiger partial charge in [0.2, 0.25) is 0 Å². The van der Waals surface area contributed by atoms with Gasteiger partial charge < -0.3 is 10.2 Å². The molecule has 1 aromatic heterocycles. The summed E-state index contributed by atoms with van der Waals surface area (Å²) < 4.78 is 0.971. The Morgan fingerprint density at radius 2 is 1.84 bits per heavy atom. The minimum atomic E-state index is -0.212. The van der Waals surface area contributed by atoms with Crippen LogP contribution in [-0.4, -0.2) is 17.4 Å². The molecule has 1 amide bonds. The van der Waals surface area contributed by atoms with Crippen LogP contribution >= 0.6 is 15.9 Å². The molecule has 0 bridgehead atoms. The summed E-state index contributed by atoms with van der Waals surface area (Å²) in [5.74, 6) is -0.212. The molecule has 0 saturated heterocycles. The first kappa shape index (κ1) is 15.8. The van der Waals surface area contributed by atoms with Crippen LogP contribution in [0.4, 0.5) is 17.1 Å². The van der Waals surface area contributed by atoms with Crippen LogP contribution in [0, 0.1) is 0 Å². The number of hydrogen-bond donors (Lipinski definition) is 1. The predicted molar refractivity (Wildman–Crippen MR) is 103 cm³/mol. The van der Waals surface area contributed by atoms with E-state index in [0.717, 1.165) is 28.8 Å². The van der Waals surface area contributed by atoms with Crippen molar-refractivity contribution in [2.24, 2.45) is 0 Å². The molecule has 0 atom stereocenters. The number of amides is 1. The third-order valence-corrected chi connectivity index (χ3v) is 4.81. The predicted octanol–water partition coefficient (Wildman–Crippen LogP) is 4.79. The van der Waals surface area contributed by atoms with E-state index in [-0.39, 0.29) is 5.91 Å². The topological polar surface area (TPSA) is 45.2 Å². The fourth-order valence-corrected chi connectivity index (χ4v) is 3.28. The van der Waals surface area contributed by atoms with Gasteiger partial charge in [0.25, 0.3) is 5.91 Å². The zero-order chi connectivity index (χ0) is 17.2. The van der Waals surface area contributed by atoms with E-state index >= 15 is 0 Å². The number of carbonyl (C=O) groups is 1. The fourth-order valence-electron chi connectivity index (χ4n) is 3.01. The number of rotatable bonds is 3. The molecular weight excluding hydrogens is 378 g/mol. The van der Waals surface area contributed by atoms with Crippen LogP contribution in [0.25, 0.3) is 0 Å². The number of anilines is 3. The normalized spacial score (nSPS) is 12.8. The van der Waals surface area contributed by atoms with Gasteiger partial charge in [-0.15, -0.1) is 0 Å². The highest BCUT2D eigenvalue weighted by molar-refractivity contribution is 9.10. The summed E-state index contributed by atoms with van der Waals surface area (Å²) in [6, 6.07) is 19.6. The summed E-state index contributed by atoms with van der Waals surface area (Å²) >= 11 is 3.38. The Balaban J connectivity index is 1.50. The van der Waals surface area contributed by atoms with Crippen LogP contribution in [0.2, 0.25) is 0 Å². The minimum absolute atomic E-state index is 0.212. The Kier molecular flexibility index (Phi) is 4.24. The fraction of sp³-hybridized carbons (Fsp3) is 0.100. The average molecular weight is 394 g/mol. The highest BCUT2D eigenvalue weighted by Gasteiger charge is 2.20. The molecule has 4 nitrogen and oxygen atoms in total. The number of fused-ring (bicyclic) bond motifs is 1. The second kappa shape index (κ2) is 6.69. The lowest BCUT2D eigenvalue weighted by Crippen LogP contribution is -2.16. The van der Waals surface area contributed by atoms with Crippen molar-refractivity contribution in [1.82, 2.24) is 4.98 Å². The van der Waals surface area contributed by atoms with E-state index in [2.05, 4.69) is 49.3 Å². The van der Waals surface area contributed by atoms with E-state index in [1.807, 2.05) is 36.4 Å². The van der Waals surface area contributed by atoms with Crippen molar-refractivity contribution in [2.75, 3.05) is 16.8 Å². The Morgan fingerprint density at radius 3 is 2.60 bits per heavy atom. The number of nitrogens with one attached hydrogen (secondary N) is 1. The molecule has 2 heterocycles. The van der Waals surface area contributed by atoms with E-state index < -0.39 is 0 Å². The quantitative estimate of drug-likeness (QED) is 0.695. The number of aromatic nitrogens is 1. The molecule has 25 heavy (non-hydrogen) atoms. The van der Waals surface area contributed by atoms with E-state index in [1.165, 1.54) is 11.3 Å². The average Bonchev–Trinajstić information content (AvgIpc) is 3.08. The molecule has 1 aliphatic rings. The molecule has 0 fully saturated rings. The number of nitrogens with zero attached hydrogens (tertiary/aromatic N) is 2. The lowest BCUT2D eigenvalue weighted by Gasteiger charge is -2.19. The van der Waals surface area contributed by atoms with E-state index in [4.69, 9.17) is 0 Å². The molecule has 0 aliphatic carbocycles. The first-order valence-corrected chi connectivity index (χ1v) is 8.88.